The Labute approximate surface area is 181 Å². The molecule has 0 amide bonds. The lowest BCUT2D eigenvalue weighted by Crippen LogP contribution is -2.14. The summed E-state index contributed by atoms with van der Waals surface area (Å²) in [6, 6.07) is 19.8. The fraction of sp³-hybridized carbons (Fsp3) is 0.261. The number of benzene rings is 2. The number of aromatic nitrogens is 2. The first kappa shape index (κ1) is 21.6. The molecule has 0 fully saturated rings. The largest absolute Gasteiger partial charge is 0.477 e. The maximum atomic E-state index is 12.1. The predicted octanol–water partition coefficient (Wildman–Crippen LogP) is 5.29. The van der Waals surface area contributed by atoms with Crippen LogP contribution in [0, 0.1) is 0 Å². The quantitative estimate of drug-likeness (QED) is 0.220. The number of carboxylic acids is 1. The van der Waals surface area contributed by atoms with E-state index in [1.807, 2.05) is 60.7 Å². The third-order valence-corrected chi connectivity index (χ3v) is 5.47. The smallest absolute Gasteiger partial charge is 0.342 e. The van der Waals surface area contributed by atoms with E-state index in [-0.39, 0.29) is 5.56 Å². The van der Waals surface area contributed by atoms with Gasteiger partial charge in [-0.05, 0) is 17.5 Å². The van der Waals surface area contributed by atoms with E-state index in [1.165, 1.54) is 11.8 Å². The van der Waals surface area contributed by atoms with Gasteiger partial charge in [0.2, 0.25) is 5.95 Å². The van der Waals surface area contributed by atoms with E-state index in [0.29, 0.717) is 29.1 Å². The molecule has 3 rings (SSSR count). The van der Waals surface area contributed by atoms with E-state index in [9.17, 15) is 9.90 Å². The van der Waals surface area contributed by atoms with Gasteiger partial charge in [-0.3, -0.25) is 0 Å². The molecule has 30 heavy (non-hydrogen) atoms. The number of aromatic carboxylic acids is 1. The summed E-state index contributed by atoms with van der Waals surface area (Å²) in [5.74, 6) is 0.363. The Morgan fingerprint density at radius 1 is 0.967 bits per heavy atom. The lowest BCUT2D eigenvalue weighted by molar-refractivity contribution is 0.0693. The number of hydrogen-bond donors (Lipinski definition) is 3. The van der Waals surface area contributed by atoms with Gasteiger partial charge in [-0.25, -0.2) is 9.78 Å². The van der Waals surface area contributed by atoms with E-state index in [0.717, 1.165) is 30.5 Å². The Hall–Kier alpha value is -3.06. The van der Waals surface area contributed by atoms with Crippen molar-refractivity contribution < 1.29 is 9.90 Å². The van der Waals surface area contributed by atoms with Crippen LogP contribution < -0.4 is 10.6 Å². The van der Waals surface area contributed by atoms with Gasteiger partial charge in [0.15, 0.2) is 0 Å². The summed E-state index contributed by atoms with van der Waals surface area (Å²) < 4.78 is 0. The zero-order valence-corrected chi connectivity index (χ0v) is 17.8. The Kier molecular flexibility index (Phi) is 8.09. The van der Waals surface area contributed by atoms with Crippen molar-refractivity contribution in [2.75, 3.05) is 17.2 Å². The third-order valence-electron chi connectivity index (χ3n) is 4.42. The highest BCUT2D eigenvalue weighted by Crippen LogP contribution is 2.30. The Balaban J connectivity index is 1.88. The number of unbranched alkanes of at least 4 members (excludes halogenated alkanes) is 1. The molecule has 0 radical (unpaired) electrons. The van der Waals surface area contributed by atoms with Crippen LogP contribution >= 0.6 is 11.8 Å². The van der Waals surface area contributed by atoms with Gasteiger partial charge in [0.1, 0.15) is 16.4 Å². The molecule has 6 nitrogen and oxygen atoms in total. The average Bonchev–Trinajstić information content (AvgIpc) is 2.77. The molecular formula is C23H26N4O2S. The second-order valence-corrected chi connectivity index (χ2v) is 7.74. The number of nitrogens with one attached hydrogen (secondary N) is 2. The van der Waals surface area contributed by atoms with Crippen LogP contribution in [0.1, 0.15) is 41.3 Å². The van der Waals surface area contributed by atoms with E-state index in [1.54, 1.807) is 0 Å². The summed E-state index contributed by atoms with van der Waals surface area (Å²) in [4.78, 5) is 21.1. The molecule has 0 aliphatic carbocycles. The molecule has 0 aliphatic rings. The average molecular weight is 423 g/mol. The van der Waals surface area contributed by atoms with Gasteiger partial charge in [0, 0.05) is 18.8 Å². The monoisotopic (exact) mass is 422 g/mol. The number of carboxylic acid groups (broad SMARTS) is 1. The summed E-state index contributed by atoms with van der Waals surface area (Å²) in [5, 5.41) is 16.8. The lowest BCUT2D eigenvalue weighted by atomic mass is 10.2. The van der Waals surface area contributed by atoms with Gasteiger partial charge >= 0.3 is 5.97 Å². The van der Waals surface area contributed by atoms with Gasteiger partial charge < -0.3 is 15.7 Å². The normalized spacial score (nSPS) is 10.6. The Bertz CT molecular complexity index is 887. The lowest BCUT2D eigenvalue weighted by Gasteiger charge is -2.15. The molecular weight excluding hydrogens is 396 g/mol. The molecule has 156 valence electrons. The van der Waals surface area contributed by atoms with Crippen LogP contribution in [-0.4, -0.2) is 27.6 Å². The molecule has 1 heterocycles. The molecule has 0 unspecified atom stereocenters. The fourth-order valence-corrected chi connectivity index (χ4v) is 3.80. The highest BCUT2D eigenvalue weighted by atomic mass is 32.2. The van der Waals surface area contributed by atoms with Crippen molar-refractivity contribution in [3.05, 3.63) is 77.4 Å². The van der Waals surface area contributed by atoms with Crippen LogP contribution in [0.4, 0.5) is 11.8 Å². The van der Waals surface area contributed by atoms with Gasteiger partial charge in [0.05, 0.1) is 0 Å². The molecule has 3 N–H and O–H groups in total. The minimum Gasteiger partial charge on any atom is -0.477 e. The maximum Gasteiger partial charge on any atom is 0.342 e. The van der Waals surface area contributed by atoms with Gasteiger partial charge in [-0.1, -0.05) is 74.0 Å². The van der Waals surface area contributed by atoms with Crippen LogP contribution in [0.25, 0.3) is 0 Å². The summed E-state index contributed by atoms with van der Waals surface area (Å²) >= 11 is 1.41. The topological polar surface area (TPSA) is 87.1 Å². The molecule has 3 aromatic rings. The summed E-state index contributed by atoms with van der Waals surface area (Å²) in [6.07, 6.45) is 2.04. The molecule has 2 aromatic carbocycles. The Morgan fingerprint density at radius 3 is 2.27 bits per heavy atom. The van der Waals surface area contributed by atoms with Crippen molar-refractivity contribution in [2.24, 2.45) is 0 Å². The summed E-state index contributed by atoms with van der Waals surface area (Å²) in [7, 11) is 0. The molecule has 0 aliphatic heterocycles. The molecule has 7 heteroatoms. The highest BCUT2D eigenvalue weighted by Gasteiger charge is 2.21. The molecule has 0 spiro atoms. The van der Waals surface area contributed by atoms with E-state index < -0.39 is 5.97 Å². The molecule has 0 saturated carbocycles. The standard InChI is InChI=1S/C23H26N4O2S/c1-2-3-14-24-23-26-20(25-15-17-10-6-4-7-11-17)19(22(28)29)21(27-23)30-16-18-12-8-5-9-13-18/h4-13H,2-3,14-16H2,1H3,(H,28,29)(H2,24,25,26,27). The first-order chi connectivity index (χ1) is 14.7. The SMILES string of the molecule is CCCCNc1nc(NCc2ccccc2)c(C(=O)O)c(SCc2ccccc2)n1. The molecule has 0 bridgehead atoms. The van der Waals surface area contributed by atoms with Crippen LogP contribution in [0.2, 0.25) is 0 Å². The van der Waals surface area contributed by atoms with Crippen LogP contribution in [0.15, 0.2) is 65.7 Å². The fourth-order valence-electron chi connectivity index (χ4n) is 2.83. The second kappa shape index (κ2) is 11.2. The number of carbonyl (C=O) groups is 1. The number of thioether (sulfide) groups is 1. The predicted molar refractivity (Wildman–Crippen MR) is 122 cm³/mol. The van der Waals surface area contributed by atoms with E-state index in [4.69, 9.17) is 0 Å². The van der Waals surface area contributed by atoms with Crippen LogP contribution in [0.3, 0.4) is 0 Å². The van der Waals surface area contributed by atoms with Crippen molar-refractivity contribution in [3.63, 3.8) is 0 Å². The van der Waals surface area contributed by atoms with E-state index in [2.05, 4.69) is 27.5 Å². The third kappa shape index (κ3) is 6.22. The highest BCUT2D eigenvalue weighted by molar-refractivity contribution is 7.98. The number of rotatable bonds is 11. The zero-order valence-electron chi connectivity index (χ0n) is 17.0. The molecule has 0 atom stereocenters. The second-order valence-electron chi connectivity index (χ2n) is 6.77. The minimum atomic E-state index is -1.04. The van der Waals surface area contributed by atoms with Gasteiger partial charge in [-0.2, -0.15) is 4.98 Å². The van der Waals surface area contributed by atoms with Crippen molar-refractivity contribution in [1.82, 2.24) is 9.97 Å². The zero-order chi connectivity index (χ0) is 21.2. The first-order valence-electron chi connectivity index (χ1n) is 10.0. The molecule has 1 aromatic heterocycles. The number of nitrogens with zero attached hydrogens (tertiary/aromatic N) is 2. The Morgan fingerprint density at radius 2 is 1.63 bits per heavy atom. The van der Waals surface area contributed by atoms with Crippen molar-refractivity contribution in [3.8, 4) is 0 Å². The maximum absolute atomic E-state index is 12.1. The minimum absolute atomic E-state index is 0.105. The summed E-state index contributed by atoms with van der Waals surface area (Å²) in [6.45, 7) is 3.34. The van der Waals surface area contributed by atoms with Crippen molar-refractivity contribution in [2.45, 2.75) is 37.1 Å². The summed E-state index contributed by atoms with van der Waals surface area (Å²) in [5.41, 5.74) is 2.26. The van der Waals surface area contributed by atoms with Gasteiger partial charge in [-0.15, -0.1) is 11.8 Å². The number of hydrogen-bond acceptors (Lipinski definition) is 6. The van der Waals surface area contributed by atoms with Crippen LogP contribution in [-0.2, 0) is 12.3 Å². The van der Waals surface area contributed by atoms with Crippen LogP contribution in [0.5, 0.6) is 0 Å². The van der Waals surface area contributed by atoms with Crippen molar-refractivity contribution in [1.29, 1.82) is 0 Å². The molecule has 0 saturated heterocycles. The van der Waals surface area contributed by atoms with Crippen molar-refractivity contribution >= 4 is 29.5 Å². The first-order valence-corrected chi connectivity index (χ1v) is 11.0. The van der Waals surface area contributed by atoms with Gasteiger partial charge in [0.25, 0.3) is 0 Å². The number of anilines is 2. The van der Waals surface area contributed by atoms with E-state index >= 15 is 0 Å².